The number of hydrogen-bond acceptors (Lipinski definition) is 4. The minimum Gasteiger partial charge on any atom is -0.507 e. The largest absolute Gasteiger partial charge is 0.507 e. The maximum absolute atomic E-state index is 12.1. The molecule has 3 N–H and O–H groups in total. The highest BCUT2D eigenvalue weighted by Crippen LogP contribution is 2.16. The second-order valence-electron chi connectivity index (χ2n) is 5.88. The van der Waals surface area contributed by atoms with Crippen LogP contribution < -0.4 is 10.7 Å². The zero-order chi connectivity index (χ0) is 18.4. The van der Waals surface area contributed by atoms with Gasteiger partial charge in [0.15, 0.2) is 0 Å². The highest BCUT2D eigenvalue weighted by molar-refractivity contribution is 6.02. The molecule has 2 amide bonds. The molecule has 25 heavy (non-hydrogen) atoms. The zero-order valence-corrected chi connectivity index (χ0v) is 14.4. The van der Waals surface area contributed by atoms with Gasteiger partial charge in [0, 0.05) is 22.7 Å². The Kier molecular flexibility index (Phi) is 5.89. The first-order valence-electron chi connectivity index (χ1n) is 7.92. The SMILES string of the molecule is C/C(=N\NC(=O)c1ccc(NC(=O)C(C)C)cc1)c1ccccc1O. The summed E-state index contributed by atoms with van der Waals surface area (Å²) in [6.07, 6.45) is 0. The molecular weight excluding hydrogens is 318 g/mol. The summed E-state index contributed by atoms with van der Waals surface area (Å²) in [6, 6.07) is 13.3. The topological polar surface area (TPSA) is 90.8 Å². The van der Waals surface area contributed by atoms with Crippen molar-refractivity contribution in [2.24, 2.45) is 11.0 Å². The molecule has 130 valence electrons. The fourth-order valence-electron chi connectivity index (χ4n) is 2.03. The van der Waals surface area contributed by atoms with E-state index in [1.807, 2.05) is 13.8 Å². The molecule has 2 aromatic rings. The van der Waals surface area contributed by atoms with Crippen LogP contribution in [0.5, 0.6) is 5.75 Å². The maximum atomic E-state index is 12.1. The summed E-state index contributed by atoms with van der Waals surface area (Å²) in [6.45, 7) is 5.31. The van der Waals surface area contributed by atoms with Gasteiger partial charge in [-0.2, -0.15) is 5.10 Å². The fourth-order valence-corrected chi connectivity index (χ4v) is 2.03. The number of phenolic OH excluding ortho intramolecular Hbond substituents is 1. The number of aromatic hydroxyl groups is 1. The molecule has 2 rings (SSSR count). The monoisotopic (exact) mass is 339 g/mol. The molecule has 0 unspecified atom stereocenters. The van der Waals surface area contributed by atoms with Gasteiger partial charge in [-0.1, -0.05) is 26.0 Å². The molecule has 0 bridgehead atoms. The number of hydrogen-bond donors (Lipinski definition) is 3. The van der Waals surface area contributed by atoms with Crippen LogP contribution in [-0.4, -0.2) is 22.6 Å². The molecule has 0 fully saturated rings. The molecule has 0 aliphatic heterocycles. The van der Waals surface area contributed by atoms with Crippen molar-refractivity contribution in [3.05, 3.63) is 59.7 Å². The fraction of sp³-hybridized carbons (Fsp3) is 0.211. The van der Waals surface area contributed by atoms with E-state index in [9.17, 15) is 14.7 Å². The molecule has 0 heterocycles. The number of para-hydroxylation sites is 1. The Hall–Kier alpha value is -3.15. The second-order valence-corrected chi connectivity index (χ2v) is 5.88. The molecule has 2 aromatic carbocycles. The lowest BCUT2D eigenvalue weighted by Crippen LogP contribution is -2.20. The van der Waals surface area contributed by atoms with Gasteiger partial charge in [-0.05, 0) is 43.3 Å². The lowest BCUT2D eigenvalue weighted by Gasteiger charge is -2.08. The third kappa shape index (κ3) is 4.91. The minimum absolute atomic E-state index is 0.0832. The summed E-state index contributed by atoms with van der Waals surface area (Å²) in [5.41, 5.74) is 4.54. The van der Waals surface area contributed by atoms with Crippen molar-refractivity contribution in [1.29, 1.82) is 0 Å². The third-order valence-corrected chi connectivity index (χ3v) is 3.56. The first-order valence-corrected chi connectivity index (χ1v) is 7.92. The molecule has 6 heteroatoms. The van der Waals surface area contributed by atoms with Gasteiger partial charge in [-0.15, -0.1) is 0 Å². The van der Waals surface area contributed by atoms with E-state index in [0.717, 1.165) is 0 Å². The highest BCUT2D eigenvalue weighted by atomic mass is 16.3. The van der Waals surface area contributed by atoms with E-state index in [-0.39, 0.29) is 23.5 Å². The predicted molar refractivity (Wildman–Crippen MR) is 97.7 cm³/mol. The molecule has 0 aromatic heterocycles. The van der Waals surface area contributed by atoms with E-state index in [4.69, 9.17) is 0 Å². The first-order chi connectivity index (χ1) is 11.9. The molecule has 0 atom stereocenters. The molecule has 0 aliphatic rings. The molecule has 0 radical (unpaired) electrons. The minimum atomic E-state index is -0.378. The summed E-state index contributed by atoms with van der Waals surface area (Å²) in [4.78, 5) is 23.8. The highest BCUT2D eigenvalue weighted by Gasteiger charge is 2.09. The van der Waals surface area contributed by atoms with Crippen molar-refractivity contribution >= 4 is 23.2 Å². The van der Waals surface area contributed by atoms with Crippen LogP contribution in [0.4, 0.5) is 5.69 Å². The van der Waals surface area contributed by atoms with Crippen LogP contribution in [-0.2, 0) is 4.79 Å². The Morgan fingerprint density at radius 2 is 1.68 bits per heavy atom. The number of anilines is 1. The molecule has 0 aliphatic carbocycles. The Labute approximate surface area is 146 Å². The summed E-state index contributed by atoms with van der Waals surface area (Å²) in [5.74, 6) is -0.477. The van der Waals surface area contributed by atoms with Gasteiger partial charge in [0.25, 0.3) is 5.91 Å². The molecule has 0 spiro atoms. The van der Waals surface area contributed by atoms with Crippen molar-refractivity contribution in [1.82, 2.24) is 5.43 Å². The molecule has 0 saturated carbocycles. The van der Waals surface area contributed by atoms with Crippen LogP contribution in [0.15, 0.2) is 53.6 Å². The smallest absolute Gasteiger partial charge is 0.271 e. The Morgan fingerprint density at radius 1 is 1.04 bits per heavy atom. The van der Waals surface area contributed by atoms with Gasteiger partial charge < -0.3 is 10.4 Å². The lowest BCUT2D eigenvalue weighted by molar-refractivity contribution is -0.118. The van der Waals surface area contributed by atoms with Crippen LogP contribution in [0.25, 0.3) is 0 Å². The number of carbonyl (C=O) groups is 2. The van der Waals surface area contributed by atoms with Crippen molar-refractivity contribution in [3.63, 3.8) is 0 Å². The number of amides is 2. The van der Waals surface area contributed by atoms with Gasteiger partial charge in [0.2, 0.25) is 5.91 Å². The van der Waals surface area contributed by atoms with E-state index in [1.165, 1.54) is 0 Å². The van der Waals surface area contributed by atoms with Gasteiger partial charge in [-0.3, -0.25) is 9.59 Å². The van der Waals surface area contributed by atoms with Crippen molar-refractivity contribution < 1.29 is 14.7 Å². The van der Waals surface area contributed by atoms with Crippen molar-refractivity contribution in [3.8, 4) is 5.75 Å². The number of carbonyl (C=O) groups excluding carboxylic acids is 2. The molecule has 0 saturated heterocycles. The van der Waals surface area contributed by atoms with Crippen LogP contribution >= 0.6 is 0 Å². The third-order valence-electron chi connectivity index (χ3n) is 3.56. The Balaban J connectivity index is 2.02. The quantitative estimate of drug-likeness (QED) is 0.577. The van der Waals surface area contributed by atoms with Crippen molar-refractivity contribution in [2.75, 3.05) is 5.32 Å². The van der Waals surface area contributed by atoms with Crippen LogP contribution in [0.1, 0.15) is 36.7 Å². The van der Waals surface area contributed by atoms with E-state index >= 15 is 0 Å². The summed E-state index contributed by atoms with van der Waals surface area (Å²) in [5, 5.41) is 16.5. The maximum Gasteiger partial charge on any atom is 0.271 e. The van der Waals surface area contributed by atoms with Gasteiger partial charge in [0.05, 0.1) is 5.71 Å². The Bertz CT molecular complexity index is 796. The second kappa shape index (κ2) is 8.10. The van der Waals surface area contributed by atoms with Gasteiger partial charge in [-0.25, -0.2) is 5.43 Å². The first kappa shape index (κ1) is 18.2. The average molecular weight is 339 g/mol. The predicted octanol–water partition coefficient (Wildman–Crippen LogP) is 3.14. The summed E-state index contributed by atoms with van der Waals surface area (Å²) >= 11 is 0. The summed E-state index contributed by atoms with van der Waals surface area (Å²) < 4.78 is 0. The normalized spacial score (nSPS) is 11.3. The van der Waals surface area contributed by atoms with Crippen LogP contribution in [0.2, 0.25) is 0 Å². The molecule has 6 nitrogen and oxygen atoms in total. The van der Waals surface area contributed by atoms with Gasteiger partial charge >= 0.3 is 0 Å². The number of hydrazone groups is 1. The van der Waals surface area contributed by atoms with Gasteiger partial charge in [0.1, 0.15) is 5.75 Å². The number of nitrogens with one attached hydrogen (secondary N) is 2. The van der Waals surface area contributed by atoms with E-state index < -0.39 is 0 Å². The molecular formula is C19H21N3O3. The number of benzene rings is 2. The number of phenols is 1. The Morgan fingerprint density at radius 3 is 2.28 bits per heavy atom. The van der Waals surface area contributed by atoms with E-state index in [0.29, 0.717) is 22.5 Å². The van der Waals surface area contributed by atoms with E-state index in [1.54, 1.807) is 55.5 Å². The number of rotatable bonds is 5. The average Bonchev–Trinajstić information content (AvgIpc) is 2.60. The zero-order valence-electron chi connectivity index (χ0n) is 14.4. The van der Waals surface area contributed by atoms with Crippen molar-refractivity contribution in [2.45, 2.75) is 20.8 Å². The summed E-state index contributed by atoms with van der Waals surface area (Å²) in [7, 11) is 0. The van der Waals surface area contributed by atoms with Crippen LogP contribution in [0.3, 0.4) is 0 Å². The van der Waals surface area contributed by atoms with Crippen LogP contribution in [0, 0.1) is 5.92 Å². The standard InChI is InChI=1S/C19H21N3O3/c1-12(2)18(24)20-15-10-8-14(9-11-15)19(25)22-21-13(3)16-6-4-5-7-17(16)23/h4-12,23H,1-3H3,(H,20,24)(H,22,25)/b21-13+. The van der Waals surface area contributed by atoms with E-state index in [2.05, 4.69) is 15.8 Å². The lowest BCUT2D eigenvalue weighted by atomic mass is 10.1. The number of nitrogens with zero attached hydrogens (tertiary/aromatic N) is 1.